The molecular weight excluding hydrogens is 280 g/mol. The number of fused-ring (bicyclic) bond motifs is 1. The zero-order chi connectivity index (χ0) is 13.2. The first-order chi connectivity index (χ1) is 9.24. The highest BCUT2D eigenvalue weighted by molar-refractivity contribution is 7.99. The lowest BCUT2D eigenvalue weighted by atomic mass is 9.95. The molecule has 0 atom stereocenters. The molecule has 0 bridgehead atoms. The van der Waals surface area contributed by atoms with Crippen LogP contribution < -0.4 is 0 Å². The van der Waals surface area contributed by atoms with E-state index in [-0.39, 0.29) is 5.78 Å². The van der Waals surface area contributed by atoms with Gasteiger partial charge in [0.15, 0.2) is 17.1 Å². The Morgan fingerprint density at radius 3 is 2.89 bits per heavy atom. The third-order valence-corrected chi connectivity index (χ3v) is 4.93. The molecule has 0 saturated carbocycles. The Morgan fingerprint density at radius 1 is 1.37 bits per heavy atom. The molecule has 1 saturated heterocycles. The lowest BCUT2D eigenvalue weighted by Crippen LogP contribution is -2.14. The van der Waals surface area contributed by atoms with Gasteiger partial charge in [0.05, 0.1) is 5.02 Å². The Balaban J connectivity index is 1.79. The third kappa shape index (κ3) is 2.82. The van der Waals surface area contributed by atoms with E-state index in [9.17, 15) is 4.79 Å². The van der Waals surface area contributed by atoms with Crippen LogP contribution in [0, 0.1) is 5.92 Å². The lowest BCUT2D eigenvalue weighted by molar-refractivity contribution is 0.0933. The Labute approximate surface area is 121 Å². The maximum atomic E-state index is 12.3. The maximum absolute atomic E-state index is 12.3. The van der Waals surface area contributed by atoms with E-state index in [2.05, 4.69) is 0 Å². The van der Waals surface area contributed by atoms with Crippen LogP contribution in [0.25, 0.3) is 11.0 Å². The molecule has 1 aromatic carbocycles. The van der Waals surface area contributed by atoms with Gasteiger partial charge >= 0.3 is 0 Å². The number of Topliss-reactive ketones (excluding diaryl/α,β-unsaturated/α-hetero) is 1. The van der Waals surface area contributed by atoms with Crippen LogP contribution in [0.1, 0.15) is 29.8 Å². The van der Waals surface area contributed by atoms with Gasteiger partial charge in [-0.1, -0.05) is 23.7 Å². The van der Waals surface area contributed by atoms with Crippen LogP contribution >= 0.6 is 23.4 Å². The zero-order valence-electron chi connectivity index (χ0n) is 10.5. The van der Waals surface area contributed by atoms with E-state index in [0.29, 0.717) is 28.7 Å². The maximum Gasteiger partial charge on any atom is 0.198 e. The van der Waals surface area contributed by atoms with Crippen LogP contribution in [0.15, 0.2) is 28.7 Å². The van der Waals surface area contributed by atoms with Crippen molar-refractivity contribution in [3.63, 3.8) is 0 Å². The van der Waals surface area contributed by atoms with E-state index in [1.165, 1.54) is 11.5 Å². The van der Waals surface area contributed by atoms with Crippen LogP contribution in [0.4, 0.5) is 0 Å². The molecule has 1 aliphatic heterocycles. The van der Waals surface area contributed by atoms with E-state index < -0.39 is 0 Å². The van der Waals surface area contributed by atoms with E-state index in [4.69, 9.17) is 16.0 Å². The van der Waals surface area contributed by atoms with Crippen molar-refractivity contribution >= 4 is 40.1 Å². The van der Waals surface area contributed by atoms with E-state index >= 15 is 0 Å². The Hall–Kier alpha value is -0.930. The van der Waals surface area contributed by atoms with Crippen molar-refractivity contribution < 1.29 is 9.21 Å². The van der Waals surface area contributed by atoms with Gasteiger partial charge < -0.3 is 4.42 Å². The minimum absolute atomic E-state index is 0.101. The summed E-state index contributed by atoms with van der Waals surface area (Å²) in [6.07, 6.45) is 2.87. The fourth-order valence-electron chi connectivity index (χ4n) is 2.48. The second kappa shape index (κ2) is 5.59. The lowest BCUT2D eigenvalue weighted by Gasteiger charge is -2.19. The number of hydrogen-bond donors (Lipinski definition) is 0. The molecular formula is C15H15ClO2S. The number of hydrogen-bond acceptors (Lipinski definition) is 3. The largest absolute Gasteiger partial charge is 0.451 e. The molecule has 19 heavy (non-hydrogen) atoms. The standard InChI is InChI=1S/C15H15ClO2S/c16-12-3-1-2-11-9-14(18-15(11)12)13(17)8-10-4-6-19-7-5-10/h1-3,9-10H,4-8H2. The summed E-state index contributed by atoms with van der Waals surface area (Å²) < 4.78 is 5.62. The summed E-state index contributed by atoms with van der Waals surface area (Å²) in [6.45, 7) is 0. The molecule has 2 nitrogen and oxygen atoms in total. The summed E-state index contributed by atoms with van der Waals surface area (Å²) in [5.74, 6) is 3.40. The molecule has 2 aromatic rings. The summed E-state index contributed by atoms with van der Waals surface area (Å²) in [5.41, 5.74) is 0.617. The number of ketones is 1. The second-order valence-corrected chi connectivity index (χ2v) is 6.58. The Bertz CT molecular complexity index is 599. The van der Waals surface area contributed by atoms with Gasteiger partial charge in [0.2, 0.25) is 0 Å². The van der Waals surface area contributed by atoms with Crippen molar-refractivity contribution in [2.45, 2.75) is 19.3 Å². The molecule has 4 heteroatoms. The monoisotopic (exact) mass is 294 g/mol. The van der Waals surface area contributed by atoms with Gasteiger partial charge in [0, 0.05) is 11.8 Å². The molecule has 0 radical (unpaired) electrons. The fourth-order valence-corrected chi connectivity index (χ4v) is 3.90. The van der Waals surface area contributed by atoms with Crippen LogP contribution in [0.2, 0.25) is 5.02 Å². The smallest absolute Gasteiger partial charge is 0.198 e. The van der Waals surface area contributed by atoms with Crippen molar-refractivity contribution in [2.75, 3.05) is 11.5 Å². The molecule has 0 N–H and O–H groups in total. The number of halogens is 1. The highest BCUT2D eigenvalue weighted by Gasteiger charge is 2.21. The average molecular weight is 295 g/mol. The predicted octanol–water partition coefficient (Wildman–Crippen LogP) is 4.80. The number of benzene rings is 1. The van der Waals surface area contributed by atoms with Gasteiger partial charge in [-0.05, 0) is 42.4 Å². The summed E-state index contributed by atoms with van der Waals surface area (Å²) in [6, 6.07) is 7.37. The molecule has 0 aliphatic carbocycles. The molecule has 2 heterocycles. The van der Waals surface area contributed by atoms with Gasteiger partial charge in [0.1, 0.15) is 0 Å². The minimum atomic E-state index is 0.101. The molecule has 0 amide bonds. The normalized spacial score (nSPS) is 16.9. The molecule has 0 unspecified atom stereocenters. The van der Waals surface area contributed by atoms with E-state index in [1.807, 2.05) is 23.9 Å². The zero-order valence-corrected chi connectivity index (χ0v) is 12.1. The first-order valence-corrected chi connectivity index (χ1v) is 8.06. The van der Waals surface area contributed by atoms with Crippen molar-refractivity contribution in [3.05, 3.63) is 35.0 Å². The summed E-state index contributed by atoms with van der Waals surface area (Å²) in [5, 5.41) is 1.46. The minimum Gasteiger partial charge on any atom is -0.451 e. The fraction of sp³-hybridized carbons (Fsp3) is 0.400. The van der Waals surface area contributed by atoms with Crippen molar-refractivity contribution in [1.29, 1.82) is 0 Å². The highest BCUT2D eigenvalue weighted by atomic mass is 35.5. The average Bonchev–Trinajstić information content (AvgIpc) is 2.85. The van der Waals surface area contributed by atoms with E-state index in [1.54, 1.807) is 12.1 Å². The summed E-state index contributed by atoms with van der Waals surface area (Å²) >= 11 is 8.03. The highest BCUT2D eigenvalue weighted by Crippen LogP contribution is 2.30. The van der Waals surface area contributed by atoms with Gasteiger partial charge in [-0.3, -0.25) is 4.79 Å². The van der Waals surface area contributed by atoms with Gasteiger partial charge in [-0.15, -0.1) is 0 Å². The van der Waals surface area contributed by atoms with Gasteiger partial charge in [-0.25, -0.2) is 0 Å². The van der Waals surface area contributed by atoms with E-state index in [0.717, 1.165) is 18.2 Å². The number of para-hydroxylation sites is 1. The Morgan fingerprint density at radius 2 is 2.16 bits per heavy atom. The van der Waals surface area contributed by atoms with Crippen LogP contribution in [0.5, 0.6) is 0 Å². The van der Waals surface area contributed by atoms with Crippen LogP contribution in [0.3, 0.4) is 0 Å². The SMILES string of the molecule is O=C(CC1CCSCC1)c1cc2cccc(Cl)c2o1. The van der Waals surface area contributed by atoms with Crippen LogP contribution in [-0.4, -0.2) is 17.3 Å². The number of rotatable bonds is 3. The number of thioether (sulfide) groups is 1. The van der Waals surface area contributed by atoms with Gasteiger partial charge in [0.25, 0.3) is 0 Å². The number of carbonyl (C=O) groups excluding carboxylic acids is 1. The third-order valence-electron chi connectivity index (χ3n) is 3.59. The summed E-state index contributed by atoms with van der Waals surface area (Å²) in [7, 11) is 0. The number of furan rings is 1. The quantitative estimate of drug-likeness (QED) is 0.762. The van der Waals surface area contributed by atoms with Crippen molar-refractivity contribution in [2.24, 2.45) is 5.92 Å². The first kappa shape index (κ1) is 13.1. The Kier molecular flexibility index (Phi) is 3.85. The molecule has 1 fully saturated rings. The molecule has 100 valence electrons. The van der Waals surface area contributed by atoms with Gasteiger partial charge in [-0.2, -0.15) is 11.8 Å². The van der Waals surface area contributed by atoms with Crippen molar-refractivity contribution in [3.8, 4) is 0 Å². The molecule has 3 rings (SSSR count). The predicted molar refractivity (Wildman–Crippen MR) is 80.2 cm³/mol. The number of carbonyl (C=O) groups is 1. The summed E-state index contributed by atoms with van der Waals surface area (Å²) in [4.78, 5) is 12.3. The van der Waals surface area contributed by atoms with Crippen molar-refractivity contribution in [1.82, 2.24) is 0 Å². The molecule has 1 aromatic heterocycles. The second-order valence-electron chi connectivity index (χ2n) is 4.95. The first-order valence-electron chi connectivity index (χ1n) is 6.53. The molecule has 0 spiro atoms. The topological polar surface area (TPSA) is 30.2 Å². The van der Waals surface area contributed by atoms with Crippen LogP contribution in [-0.2, 0) is 0 Å². The molecule has 1 aliphatic rings.